The molecule has 4 rings (SSSR count). The van der Waals surface area contributed by atoms with Crippen molar-refractivity contribution in [3.63, 3.8) is 0 Å². The van der Waals surface area contributed by atoms with E-state index in [1.54, 1.807) is 0 Å². The summed E-state index contributed by atoms with van der Waals surface area (Å²) in [7, 11) is 0. The number of aliphatic hydroxyl groups is 2. The van der Waals surface area contributed by atoms with Crippen LogP contribution in [0.3, 0.4) is 0 Å². The average Bonchev–Trinajstić information content (AvgIpc) is 2.76. The van der Waals surface area contributed by atoms with Crippen LogP contribution in [0, 0.1) is 11.8 Å². The Labute approximate surface area is 65.0 Å². The normalized spacial score (nSPS) is 66.0. The van der Waals surface area contributed by atoms with Crippen LogP contribution in [0.2, 0.25) is 0 Å². The Morgan fingerprint density at radius 2 is 1.36 bits per heavy atom. The molecule has 62 valence electrons. The fourth-order valence-corrected chi connectivity index (χ4v) is 2.78. The number of aliphatic hydroxyl groups excluding tert-OH is 2. The van der Waals surface area contributed by atoms with Gasteiger partial charge >= 0.3 is 0 Å². The molecule has 0 unspecified atom stereocenters. The highest BCUT2D eigenvalue weighted by Gasteiger charge is 2.62. The monoisotopic (exact) mass is 156 g/mol. The van der Waals surface area contributed by atoms with E-state index in [-0.39, 0.29) is 24.0 Å². The molecule has 4 aliphatic rings. The van der Waals surface area contributed by atoms with E-state index in [4.69, 9.17) is 4.74 Å². The maximum Gasteiger partial charge on any atom is 0.0899 e. The molecule has 2 N–H and O–H groups in total. The van der Waals surface area contributed by atoms with Crippen LogP contribution in [-0.4, -0.2) is 34.6 Å². The minimum Gasteiger partial charge on any atom is -0.390 e. The van der Waals surface area contributed by atoms with Gasteiger partial charge in [0.2, 0.25) is 0 Å². The molecule has 0 aromatic rings. The SMILES string of the molecule is O[C@@H]1[C@H](O)[C@@H]2CC[C@H]1[C@H]1O[C@@H]21. The molecule has 0 amide bonds. The van der Waals surface area contributed by atoms with E-state index in [2.05, 4.69) is 0 Å². The van der Waals surface area contributed by atoms with Gasteiger partial charge in [-0.3, -0.25) is 0 Å². The number of ether oxygens (including phenoxy) is 1. The summed E-state index contributed by atoms with van der Waals surface area (Å²) in [5, 5.41) is 19.1. The molecular weight excluding hydrogens is 144 g/mol. The zero-order valence-corrected chi connectivity index (χ0v) is 6.18. The van der Waals surface area contributed by atoms with Gasteiger partial charge < -0.3 is 14.9 Å². The van der Waals surface area contributed by atoms with E-state index >= 15 is 0 Å². The third kappa shape index (κ3) is 0.643. The van der Waals surface area contributed by atoms with Gasteiger partial charge in [-0.1, -0.05) is 0 Å². The third-order valence-electron chi connectivity index (χ3n) is 3.47. The lowest BCUT2D eigenvalue weighted by Gasteiger charge is -2.40. The van der Waals surface area contributed by atoms with Gasteiger partial charge in [0.05, 0.1) is 24.4 Å². The Morgan fingerprint density at radius 1 is 0.909 bits per heavy atom. The zero-order valence-electron chi connectivity index (χ0n) is 6.18. The highest BCUT2D eigenvalue weighted by atomic mass is 16.6. The van der Waals surface area contributed by atoms with Gasteiger partial charge in [-0.15, -0.1) is 0 Å². The number of rotatable bonds is 0. The lowest BCUT2D eigenvalue weighted by molar-refractivity contribution is -0.0942. The molecule has 0 aromatic heterocycles. The van der Waals surface area contributed by atoms with Crippen molar-refractivity contribution in [3.8, 4) is 0 Å². The predicted octanol–water partition coefficient (Wildman–Crippen LogP) is -0.485. The Bertz CT molecular complexity index is 174. The molecule has 3 heteroatoms. The van der Waals surface area contributed by atoms with Crippen molar-refractivity contribution in [2.75, 3.05) is 0 Å². The maximum absolute atomic E-state index is 9.53. The standard InChI is InChI=1S/C8H12O3/c9-5-3-1-2-4(6(5)10)8-7(3)11-8/h3-10H,1-2H2/t3-,4+,5+,6-,7-,8+. The summed E-state index contributed by atoms with van der Waals surface area (Å²) in [5.41, 5.74) is 0. The van der Waals surface area contributed by atoms with Gasteiger partial charge in [0, 0.05) is 11.8 Å². The Balaban J connectivity index is 1.94. The largest absolute Gasteiger partial charge is 0.390 e. The molecule has 0 aromatic carbocycles. The van der Waals surface area contributed by atoms with Gasteiger partial charge in [-0.25, -0.2) is 0 Å². The van der Waals surface area contributed by atoms with Gasteiger partial charge in [-0.05, 0) is 12.8 Å². The van der Waals surface area contributed by atoms with Gasteiger partial charge in [0.15, 0.2) is 0 Å². The molecule has 0 spiro atoms. The molecule has 0 radical (unpaired) electrons. The second kappa shape index (κ2) is 1.79. The van der Waals surface area contributed by atoms with Crippen molar-refractivity contribution in [3.05, 3.63) is 0 Å². The summed E-state index contributed by atoms with van der Waals surface area (Å²) in [6.45, 7) is 0. The summed E-state index contributed by atoms with van der Waals surface area (Å²) in [5.74, 6) is 0.444. The first-order valence-corrected chi connectivity index (χ1v) is 4.30. The van der Waals surface area contributed by atoms with E-state index in [0.717, 1.165) is 12.8 Å². The first-order chi connectivity index (χ1) is 5.29. The summed E-state index contributed by atoms with van der Waals surface area (Å²) in [6.07, 6.45) is 1.60. The second-order valence-corrected chi connectivity index (χ2v) is 3.95. The molecule has 3 aliphatic carbocycles. The molecule has 11 heavy (non-hydrogen) atoms. The molecule has 1 aliphatic heterocycles. The number of hydrogen-bond acceptors (Lipinski definition) is 3. The highest BCUT2D eigenvalue weighted by molar-refractivity contribution is 5.10. The highest BCUT2D eigenvalue weighted by Crippen LogP contribution is 2.52. The molecule has 3 saturated carbocycles. The van der Waals surface area contributed by atoms with Crippen LogP contribution in [0.1, 0.15) is 12.8 Å². The van der Waals surface area contributed by atoms with E-state index in [1.165, 1.54) is 0 Å². The van der Waals surface area contributed by atoms with Crippen molar-refractivity contribution < 1.29 is 14.9 Å². The first-order valence-electron chi connectivity index (χ1n) is 4.30. The zero-order chi connectivity index (χ0) is 7.59. The van der Waals surface area contributed by atoms with Crippen LogP contribution < -0.4 is 0 Å². The van der Waals surface area contributed by atoms with E-state index < -0.39 is 12.2 Å². The van der Waals surface area contributed by atoms with Crippen LogP contribution in [0.4, 0.5) is 0 Å². The van der Waals surface area contributed by atoms with Crippen molar-refractivity contribution in [2.24, 2.45) is 11.8 Å². The molecule has 3 nitrogen and oxygen atoms in total. The van der Waals surface area contributed by atoms with Crippen LogP contribution in [0.25, 0.3) is 0 Å². The predicted molar refractivity (Wildman–Crippen MR) is 36.9 cm³/mol. The Hall–Kier alpha value is -0.120. The maximum atomic E-state index is 9.53. The van der Waals surface area contributed by atoms with Crippen LogP contribution in [0.15, 0.2) is 0 Å². The molecular formula is C8H12O3. The number of epoxide rings is 1. The summed E-state index contributed by atoms with van der Waals surface area (Å²) in [4.78, 5) is 0. The van der Waals surface area contributed by atoms with Gasteiger partial charge in [-0.2, -0.15) is 0 Å². The van der Waals surface area contributed by atoms with Crippen LogP contribution >= 0.6 is 0 Å². The van der Waals surface area contributed by atoms with Gasteiger partial charge in [0.1, 0.15) is 0 Å². The quantitative estimate of drug-likeness (QED) is 0.465. The minimum absolute atomic E-state index is 0.222. The topological polar surface area (TPSA) is 53.0 Å². The van der Waals surface area contributed by atoms with Crippen LogP contribution in [-0.2, 0) is 4.74 Å². The molecule has 1 saturated heterocycles. The number of fused-ring (bicyclic) bond motifs is 2. The van der Waals surface area contributed by atoms with Crippen molar-refractivity contribution >= 4 is 0 Å². The minimum atomic E-state index is -0.516. The lowest BCUT2D eigenvalue weighted by Crippen LogP contribution is -2.52. The van der Waals surface area contributed by atoms with E-state index in [0.29, 0.717) is 0 Å². The van der Waals surface area contributed by atoms with Crippen LogP contribution in [0.5, 0.6) is 0 Å². The fourth-order valence-electron chi connectivity index (χ4n) is 2.78. The Morgan fingerprint density at radius 3 is 1.82 bits per heavy atom. The summed E-state index contributed by atoms with van der Waals surface area (Å²) < 4.78 is 5.39. The summed E-state index contributed by atoms with van der Waals surface area (Å²) >= 11 is 0. The van der Waals surface area contributed by atoms with E-state index in [9.17, 15) is 10.2 Å². The molecule has 4 fully saturated rings. The van der Waals surface area contributed by atoms with Crippen molar-refractivity contribution in [1.82, 2.24) is 0 Å². The summed E-state index contributed by atoms with van der Waals surface area (Å²) in [6, 6.07) is 0. The van der Waals surface area contributed by atoms with Crippen molar-refractivity contribution in [1.29, 1.82) is 0 Å². The smallest absolute Gasteiger partial charge is 0.0899 e. The lowest BCUT2D eigenvalue weighted by atomic mass is 9.67. The fraction of sp³-hybridized carbons (Fsp3) is 1.00. The molecule has 1 heterocycles. The molecule has 6 atom stereocenters. The van der Waals surface area contributed by atoms with Crippen molar-refractivity contribution in [2.45, 2.75) is 37.3 Å². The molecule has 2 bridgehead atoms. The van der Waals surface area contributed by atoms with E-state index in [1.807, 2.05) is 0 Å². The van der Waals surface area contributed by atoms with Gasteiger partial charge in [0.25, 0.3) is 0 Å². The number of hydrogen-bond donors (Lipinski definition) is 2. The Kier molecular flexibility index (Phi) is 1.04. The third-order valence-corrected chi connectivity index (χ3v) is 3.47. The first kappa shape index (κ1) is 6.40. The average molecular weight is 156 g/mol. The second-order valence-electron chi connectivity index (χ2n) is 3.95.